The van der Waals surface area contributed by atoms with E-state index in [2.05, 4.69) is 54.7 Å². The summed E-state index contributed by atoms with van der Waals surface area (Å²) in [5, 5.41) is 6.25. The zero-order valence-corrected chi connectivity index (χ0v) is 16.6. The molecule has 0 N–H and O–H groups in total. The van der Waals surface area contributed by atoms with Gasteiger partial charge in [-0.05, 0) is 56.2 Å². The number of rotatable bonds is 2. The highest BCUT2D eigenvalue weighted by atomic mass is 35.5. The first kappa shape index (κ1) is 17.0. The third kappa shape index (κ3) is 2.43. The predicted octanol–water partition coefficient (Wildman–Crippen LogP) is 5.31. The van der Waals surface area contributed by atoms with E-state index in [9.17, 15) is 0 Å². The van der Waals surface area contributed by atoms with Gasteiger partial charge in [0.25, 0.3) is 0 Å². The van der Waals surface area contributed by atoms with Crippen molar-refractivity contribution in [3.8, 4) is 17.1 Å². The molecule has 0 spiro atoms. The second-order valence-electron chi connectivity index (χ2n) is 7.01. The van der Waals surface area contributed by atoms with E-state index in [0.29, 0.717) is 10.8 Å². The van der Waals surface area contributed by atoms with Crippen LogP contribution in [0.25, 0.3) is 33.8 Å². The average Bonchev–Trinajstić information content (AvgIpc) is 3.21. The second-order valence-corrected chi connectivity index (χ2v) is 7.42. The molecule has 138 valence electrons. The summed E-state index contributed by atoms with van der Waals surface area (Å²) in [6.07, 6.45) is 1.72. The Morgan fingerprint density at radius 3 is 2.54 bits per heavy atom. The van der Waals surface area contributed by atoms with Gasteiger partial charge in [0, 0.05) is 16.9 Å². The van der Waals surface area contributed by atoms with E-state index in [0.717, 1.165) is 39.2 Å². The third-order valence-corrected chi connectivity index (χ3v) is 5.54. The Kier molecular flexibility index (Phi) is 3.74. The van der Waals surface area contributed by atoms with Crippen LogP contribution in [0.1, 0.15) is 16.8 Å². The minimum atomic E-state index is 0.597. The van der Waals surface area contributed by atoms with Gasteiger partial charge in [0.05, 0.1) is 10.4 Å². The Balaban J connectivity index is 1.82. The van der Waals surface area contributed by atoms with Crippen LogP contribution in [0, 0.1) is 20.8 Å². The van der Waals surface area contributed by atoms with Gasteiger partial charge in [-0.25, -0.2) is 14.5 Å². The summed E-state index contributed by atoms with van der Waals surface area (Å²) in [7, 11) is 0. The van der Waals surface area contributed by atoms with Gasteiger partial charge in [-0.2, -0.15) is 0 Å². The molecule has 3 aromatic heterocycles. The van der Waals surface area contributed by atoms with Gasteiger partial charge >= 0.3 is 0 Å². The Bertz CT molecular complexity index is 1360. The van der Waals surface area contributed by atoms with Crippen LogP contribution < -0.4 is 0 Å². The number of aryl methyl sites for hydroxylation is 2. The molecule has 0 fully saturated rings. The minimum Gasteiger partial charge on any atom is -0.298 e. The summed E-state index contributed by atoms with van der Waals surface area (Å²) in [4.78, 5) is 9.53. The molecule has 5 rings (SSSR count). The topological polar surface area (TPSA) is 48.0 Å². The Hall–Kier alpha value is -3.18. The van der Waals surface area contributed by atoms with Gasteiger partial charge < -0.3 is 0 Å². The fraction of sp³-hybridized carbons (Fsp3) is 0.136. The highest BCUT2D eigenvalue weighted by molar-refractivity contribution is 6.33. The monoisotopic (exact) mass is 387 g/mol. The highest BCUT2D eigenvalue weighted by Gasteiger charge is 2.19. The molecule has 0 aliphatic heterocycles. The molecule has 2 aromatic carbocycles. The zero-order valence-electron chi connectivity index (χ0n) is 15.8. The standard InChI is InChI=1S/C22H18ClN5/c1-13-7-6-8-16(11-13)28-15(3)14(2)19-21(28)24-12-27-22(19)25-20(26-27)17-9-4-5-10-18(17)23/h4-12H,1-3H3. The van der Waals surface area contributed by atoms with Crippen molar-refractivity contribution in [2.24, 2.45) is 0 Å². The minimum absolute atomic E-state index is 0.597. The predicted molar refractivity (Wildman–Crippen MR) is 112 cm³/mol. The van der Waals surface area contributed by atoms with Gasteiger partial charge in [0.2, 0.25) is 0 Å². The van der Waals surface area contributed by atoms with Crippen LogP contribution in [0.4, 0.5) is 0 Å². The first-order valence-electron chi connectivity index (χ1n) is 9.09. The van der Waals surface area contributed by atoms with Crippen LogP contribution in [0.2, 0.25) is 5.02 Å². The van der Waals surface area contributed by atoms with E-state index < -0.39 is 0 Å². The summed E-state index contributed by atoms with van der Waals surface area (Å²) in [6.45, 7) is 6.31. The molecule has 3 heterocycles. The number of hydrogen-bond donors (Lipinski definition) is 0. The van der Waals surface area contributed by atoms with Crippen molar-refractivity contribution in [1.29, 1.82) is 0 Å². The van der Waals surface area contributed by atoms with E-state index in [-0.39, 0.29) is 0 Å². The number of aromatic nitrogens is 5. The van der Waals surface area contributed by atoms with E-state index in [4.69, 9.17) is 21.6 Å². The molecule has 0 saturated carbocycles. The van der Waals surface area contributed by atoms with Crippen LogP contribution >= 0.6 is 11.6 Å². The van der Waals surface area contributed by atoms with E-state index in [1.165, 1.54) is 5.56 Å². The molecule has 0 saturated heterocycles. The molecule has 0 unspecified atom stereocenters. The van der Waals surface area contributed by atoms with Gasteiger partial charge in [-0.3, -0.25) is 4.57 Å². The van der Waals surface area contributed by atoms with Crippen LogP contribution in [0.3, 0.4) is 0 Å². The third-order valence-electron chi connectivity index (χ3n) is 5.21. The number of halogens is 1. The fourth-order valence-corrected chi connectivity index (χ4v) is 3.92. The van der Waals surface area contributed by atoms with Crippen molar-refractivity contribution in [3.05, 3.63) is 76.7 Å². The molecule has 6 heteroatoms. The normalized spacial score (nSPS) is 11.6. The molecule has 0 amide bonds. The Labute approximate surface area is 167 Å². The maximum absolute atomic E-state index is 6.35. The second kappa shape index (κ2) is 6.17. The quantitative estimate of drug-likeness (QED) is 0.412. The van der Waals surface area contributed by atoms with Crippen molar-refractivity contribution in [3.63, 3.8) is 0 Å². The van der Waals surface area contributed by atoms with Gasteiger partial charge in [-0.15, -0.1) is 5.10 Å². The van der Waals surface area contributed by atoms with Crippen LogP contribution in [-0.2, 0) is 0 Å². The average molecular weight is 388 g/mol. The van der Waals surface area contributed by atoms with Crippen molar-refractivity contribution in [1.82, 2.24) is 24.1 Å². The van der Waals surface area contributed by atoms with Gasteiger partial charge in [0.1, 0.15) is 6.33 Å². The Morgan fingerprint density at radius 2 is 1.75 bits per heavy atom. The molecule has 28 heavy (non-hydrogen) atoms. The Morgan fingerprint density at radius 1 is 0.929 bits per heavy atom. The molecule has 5 aromatic rings. The number of benzene rings is 2. The van der Waals surface area contributed by atoms with Gasteiger partial charge in [-0.1, -0.05) is 35.9 Å². The van der Waals surface area contributed by atoms with Crippen molar-refractivity contribution >= 4 is 28.3 Å². The summed E-state index contributed by atoms with van der Waals surface area (Å²) in [5.74, 6) is 0.597. The van der Waals surface area contributed by atoms with Crippen LogP contribution in [-0.4, -0.2) is 24.1 Å². The first-order chi connectivity index (χ1) is 13.5. The van der Waals surface area contributed by atoms with Crippen molar-refractivity contribution < 1.29 is 0 Å². The summed E-state index contributed by atoms with van der Waals surface area (Å²) < 4.78 is 3.91. The summed E-state index contributed by atoms with van der Waals surface area (Å²) in [5.41, 5.74) is 7.07. The van der Waals surface area contributed by atoms with Crippen molar-refractivity contribution in [2.45, 2.75) is 20.8 Å². The molecule has 0 radical (unpaired) electrons. The molecule has 0 atom stereocenters. The first-order valence-corrected chi connectivity index (χ1v) is 9.47. The molecule has 0 aliphatic carbocycles. The lowest BCUT2D eigenvalue weighted by atomic mass is 10.2. The highest BCUT2D eigenvalue weighted by Crippen LogP contribution is 2.32. The number of fused-ring (bicyclic) bond motifs is 3. The number of nitrogens with zero attached hydrogens (tertiary/aromatic N) is 5. The maximum atomic E-state index is 6.35. The van der Waals surface area contributed by atoms with Gasteiger partial charge in [0.15, 0.2) is 17.1 Å². The van der Waals surface area contributed by atoms with E-state index >= 15 is 0 Å². The van der Waals surface area contributed by atoms with Crippen molar-refractivity contribution in [2.75, 3.05) is 0 Å². The largest absolute Gasteiger partial charge is 0.298 e. The van der Waals surface area contributed by atoms with E-state index in [1.54, 1.807) is 10.8 Å². The maximum Gasteiger partial charge on any atom is 0.183 e. The lowest BCUT2D eigenvalue weighted by Crippen LogP contribution is -1.99. The molecular weight excluding hydrogens is 370 g/mol. The SMILES string of the molecule is Cc1cccc(-n2c(C)c(C)c3c2ncn2nc(-c4ccccc4Cl)nc32)c1. The molecule has 0 aliphatic rings. The molecular formula is C22H18ClN5. The fourth-order valence-electron chi connectivity index (χ4n) is 3.70. The van der Waals surface area contributed by atoms with Crippen LogP contribution in [0.15, 0.2) is 54.9 Å². The smallest absolute Gasteiger partial charge is 0.183 e. The number of hydrogen-bond acceptors (Lipinski definition) is 3. The zero-order chi connectivity index (χ0) is 19.4. The summed E-state index contributed by atoms with van der Waals surface area (Å²) in [6, 6.07) is 16.0. The molecule has 0 bridgehead atoms. The van der Waals surface area contributed by atoms with E-state index in [1.807, 2.05) is 24.3 Å². The lowest BCUT2D eigenvalue weighted by Gasteiger charge is -2.08. The van der Waals surface area contributed by atoms with Crippen LogP contribution in [0.5, 0.6) is 0 Å². The lowest BCUT2D eigenvalue weighted by molar-refractivity contribution is 0.926. The molecule has 5 nitrogen and oxygen atoms in total. The summed E-state index contributed by atoms with van der Waals surface area (Å²) >= 11 is 6.35.